The number of hydrogen-bond acceptors (Lipinski definition) is 5. The number of ether oxygens (including phenoxy) is 1. The number of aryl methyl sites for hydroxylation is 2. The Bertz CT molecular complexity index is 591. The van der Waals surface area contributed by atoms with E-state index in [4.69, 9.17) is 15.0 Å². The van der Waals surface area contributed by atoms with Gasteiger partial charge in [0.25, 0.3) is 0 Å². The molecule has 0 amide bonds. The number of halogens is 1. The van der Waals surface area contributed by atoms with Gasteiger partial charge in [-0.15, -0.1) is 0 Å². The molecule has 0 fully saturated rings. The van der Waals surface area contributed by atoms with Gasteiger partial charge in [0, 0.05) is 24.2 Å². The third-order valence-corrected chi connectivity index (χ3v) is 3.04. The van der Waals surface area contributed by atoms with E-state index in [-0.39, 0.29) is 5.75 Å². The van der Waals surface area contributed by atoms with E-state index in [1.165, 1.54) is 6.07 Å². The lowest BCUT2D eigenvalue weighted by molar-refractivity contribution is 0.322. The normalized spacial score (nSPS) is 10.6. The molecule has 0 aliphatic heterocycles. The highest BCUT2D eigenvalue weighted by Gasteiger charge is 2.12. The summed E-state index contributed by atoms with van der Waals surface area (Å²) in [5.41, 5.74) is 8.54. The first kappa shape index (κ1) is 14.2. The molecular formula is C14H18FN3O2. The van der Waals surface area contributed by atoms with E-state index in [0.717, 1.165) is 17.0 Å². The minimum Gasteiger partial charge on any atom is -0.491 e. The molecule has 108 valence electrons. The van der Waals surface area contributed by atoms with Crippen molar-refractivity contribution in [3.63, 3.8) is 0 Å². The Hall–Kier alpha value is -2.24. The van der Waals surface area contributed by atoms with Gasteiger partial charge in [0.05, 0.1) is 23.7 Å². The highest BCUT2D eigenvalue weighted by molar-refractivity contribution is 5.68. The molecule has 0 unspecified atom stereocenters. The zero-order chi connectivity index (χ0) is 14.7. The van der Waals surface area contributed by atoms with Crippen molar-refractivity contribution in [2.75, 3.05) is 17.7 Å². The second-order valence-corrected chi connectivity index (χ2v) is 4.46. The van der Waals surface area contributed by atoms with Crippen LogP contribution in [0.2, 0.25) is 0 Å². The van der Waals surface area contributed by atoms with E-state index in [1.54, 1.807) is 13.0 Å². The fourth-order valence-corrected chi connectivity index (χ4v) is 1.93. The summed E-state index contributed by atoms with van der Waals surface area (Å²) >= 11 is 0. The predicted molar refractivity (Wildman–Crippen MR) is 75.3 cm³/mol. The first-order valence-corrected chi connectivity index (χ1v) is 6.40. The summed E-state index contributed by atoms with van der Waals surface area (Å²) in [7, 11) is 0. The molecule has 0 saturated heterocycles. The Labute approximate surface area is 116 Å². The highest BCUT2D eigenvalue weighted by Crippen LogP contribution is 2.29. The number of hydrogen-bond donors (Lipinski definition) is 2. The van der Waals surface area contributed by atoms with Crippen LogP contribution in [0.15, 0.2) is 16.7 Å². The van der Waals surface area contributed by atoms with Crippen molar-refractivity contribution in [1.82, 2.24) is 5.16 Å². The van der Waals surface area contributed by atoms with Crippen molar-refractivity contribution in [3.05, 3.63) is 35.0 Å². The highest BCUT2D eigenvalue weighted by atomic mass is 19.1. The Kier molecular flexibility index (Phi) is 4.12. The molecule has 5 nitrogen and oxygen atoms in total. The van der Waals surface area contributed by atoms with Crippen LogP contribution in [-0.4, -0.2) is 11.8 Å². The van der Waals surface area contributed by atoms with E-state index in [9.17, 15) is 4.39 Å². The summed E-state index contributed by atoms with van der Waals surface area (Å²) < 4.78 is 23.9. The fourth-order valence-electron chi connectivity index (χ4n) is 1.93. The Balaban J connectivity index is 2.19. The van der Waals surface area contributed by atoms with Gasteiger partial charge >= 0.3 is 0 Å². The molecule has 0 radical (unpaired) electrons. The maximum absolute atomic E-state index is 13.6. The van der Waals surface area contributed by atoms with Gasteiger partial charge in [-0.2, -0.15) is 0 Å². The van der Waals surface area contributed by atoms with Crippen molar-refractivity contribution in [2.24, 2.45) is 0 Å². The van der Waals surface area contributed by atoms with Gasteiger partial charge in [-0.3, -0.25) is 0 Å². The minimum atomic E-state index is -0.466. The van der Waals surface area contributed by atoms with Gasteiger partial charge in [-0.25, -0.2) is 4.39 Å². The number of nitrogens with zero attached hydrogens (tertiary/aromatic N) is 1. The number of anilines is 2. The quantitative estimate of drug-likeness (QED) is 0.823. The lowest BCUT2D eigenvalue weighted by Gasteiger charge is -2.12. The van der Waals surface area contributed by atoms with Crippen molar-refractivity contribution < 1.29 is 13.7 Å². The third kappa shape index (κ3) is 2.84. The van der Waals surface area contributed by atoms with Crippen LogP contribution >= 0.6 is 0 Å². The number of nitrogens with one attached hydrogen (secondary N) is 1. The first-order valence-electron chi connectivity index (χ1n) is 6.40. The average molecular weight is 279 g/mol. The molecule has 0 saturated carbocycles. The molecule has 2 rings (SSSR count). The lowest BCUT2D eigenvalue weighted by Crippen LogP contribution is -2.05. The van der Waals surface area contributed by atoms with E-state index >= 15 is 0 Å². The Morgan fingerprint density at radius 3 is 2.75 bits per heavy atom. The van der Waals surface area contributed by atoms with Crippen LogP contribution in [0.4, 0.5) is 15.8 Å². The van der Waals surface area contributed by atoms with Crippen molar-refractivity contribution in [1.29, 1.82) is 0 Å². The van der Waals surface area contributed by atoms with Gasteiger partial charge in [-0.05, 0) is 20.8 Å². The molecular weight excluding hydrogens is 261 g/mol. The molecule has 1 aromatic heterocycles. The molecule has 6 heteroatoms. The second-order valence-electron chi connectivity index (χ2n) is 4.46. The first-order chi connectivity index (χ1) is 9.52. The van der Waals surface area contributed by atoms with Gasteiger partial charge in [-0.1, -0.05) is 5.16 Å². The zero-order valence-electron chi connectivity index (χ0n) is 11.8. The van der Waals surface area contributed by atoms with Crippen LogP contribution < -0.4 is 15.8 Å². The minimum absolute atomic E-state index is 0.183. The molecule has 0 atom stereocenters. The predicted octanol–water partition coefficient (Wildman–Crippen LogP) is 3.02. The van der Waals surface area contributed by atoms with Crippen LogP contribution in [0.25, 0.3) is 0 Å². The topological polar surface area (TPSA) is 73.3 Å². The van der Waals surface area contributed by atoms with E-state index in [2.05, 4.69) is 10.5 Å². The van der Waals surface area contributed by atoms with Crippen molar-refractivity contribution in [3.8, 4) is 5.75 Å². The number of nitrogens with two attached hydrogens (primary N) is 1. The van der Waals surface area contributed by atoms with Gasteiger partial charge < -0.3 is 20.3 Å². The summed E-state index contributed by atoms with van der Waals surface area (Å²) in [5.74, 6) is 0.468. The monoisotopic (exact) mass is 279 g/mol. The summed E-state index contributed by atoms with van der Waals surface area (Å²) in [6.45, 7) is 6.41. The third-order valence-electron chi connectivity index (χ3n) is 3.04. The largest absolute Gasteiger partial charge is 0.491 e. The molecule has 1 aromatic carbocycles. The average Bonchev–Trinajstić information content (AvgIpc) is 2.71. The smallest absolute Gasteiger partial charge is 0.167 e. The maximum Gasteiger partial charge on any atom is 0.167 e. The van der Waals surface area contributed by atoms with Crippen molar-refractivity contribution in [2.45, 2.75) is 27.3 Å². The summed E-state index contributed by atoms with van der Waals surface area (Å²) in [4.78, 5) is 0. The van der Waals surface area contributed by atoms with Crippen LogP contribution in [0.5, 0.6) is 5.75 Å². The SMILES string of the molecule is CCOc1cc(NCc2c(C)noc2C)c(N)cc1F. The number of benzene rings is 1. The molecule has 0 bridgehead atoms. The van der Waals surface area contributed by atoms with Crippen LogP contribution in [-0.2, 0) is 6.54 Å². The standard InChI is InChI=1S/C14H18FN3O2/c1-4-19-14-6-13(12(16)5-11(14)15)17-7-10-8(2)18-20-9(10)3/h5-6,17H,4,7,16H2,1-3H3. The lowest BCUT2D eigenvalue weighted by atomic mass is 10.2. The van der Waals surface area contributed by atoms with Crippen LogP contribution in [0.3, 0.4) is 0 Å². The molecule has 0 aliphatic rings. The van der Waals surface area contributed by atoms with E-state index in [0.29, 0.717) is 24.5 Å². The summed E-state index contributed by atoms with van der Waals surface area (Å²) in [6.07, 6.45) is 0. The number of rotatable bonds is 5. The molecule has 0 spiro atoms. The fraction of sp³-hybridized carbons (Fsp3) is 0.357. The Morgan fingerprint density at radius 1 is 1.40 bits per heavy atom. The zero-order valence-corrected chi connectivity index (χ0v) is 11.8. The van der Waals surface area contributed by atoms with Gasteiger partial charge in [0.15, 0.2) is 11.6 Å². The number of aromatic nitrogens is 1. The molecule has 0 aliphatic carbocycles. The summed E-state index contributed by atoms with van der Waals surface area (Å²) in [6, 6.07) is 2.81. The molecule has 20 heavy (non-hydrogen) atoms. The van der Waals surface area contributed by atoms with Crippen LogP contribution in [0, 0.1) is 19.7 Å². The van der Waals surface area contributed by atoms with Crippen molar-refractivity contribution >= 4 is 11.4 Å². The second kappa shape index (κ2) is 5.81. The summed E-state index contributed by atoms with van der Waals surface area (Å²) in [5, 5.41) is 7.03. The molecule has 3 N–H and O–H groups in total. The van der Waals surface area contributed by atoms with Gasteiger partial charge in [0.1, 0.15) is 5.76 Å². The maximum atomic E-state index is 13.6. The van der Waals surface area contributed by atoms with Gasteiger partial charge in [0.2, 0.25) is 0 Å². The molecule has 2 aromatic rings. The Morgan fingerprint density at radius 2 is 2.15 bits per heavy atom. The van der Waals surface area contributed by atoms with E-state index < -0.39 is 5.82 Å². The van der Waals surface area contributed by atoms with E-state index in [1.807, 2.05) is 13.8 Å². The molecule has 1 heterocycles. The number of nitrogen functional groups attached to an aromatic ring is 1. The van der Waals surface area contributed by atoms with Crippen LogP contribution in [0.1, 0.15) is 23.9 Å².